The minimum atomic E-state index is 0.548. The third-order valence-corrected chi connectivity index (χ3v) is 6.20. The largest absolute Gasteiger partial charge is 0.494 e. The summed E-state index contributed by atoms with van der Waals surface area (Å²) in [4.78, 5) is 5.11. The summed E-state index contributed by atoms with van der Waals surface area (Å²) in [6.45, 7) is 6.64. The number of piperidine rings is 1. The van der Waals surface area contributed by atoms with Crippen LogP contribution in [-0.2, 0) is 0 Å². The van der Waals surface area contributed by atoms with Gasteiger partial charge in [0, 0.05) is 37.1 Å². The fourth-order valence-electron chi connectivity index (χ4n) is 4.57. The van der Waals surface area contributed by atoms with Crippen LogP contribution in [0.15, 0.2) is 54.6 Å². The maximum atomic E-state index is 5.99. The Balaban J connectivity index is 1.22. The number of hydrogen-bond donors (Lipinski definition) is 1. The molecule has 2 heterocycles. The molecule has 156 valence electrons. The maximum absolute atomic E-state index is 5.99. The fraction of sp³-hybridized carbons (Fsp3) is 0.520. The smallest absolute Gasteiger partial charge is 0.119 e. The number of hydrogen-bond acceptors (Lipinski definition) is 4. The Morgan fingerprint density at radius 1 is 0.862 bits per heavy atom. The molecule has 1 atom stereocenters. The highest BCUT2D eigenvalue weighted by atomic mass is 16.5. The minimum absolute atomic E-state index is 0.548. The van der Waals surface area contributed by atoms with Crippen molar-refractivity contribution < 1.29 is 4.74 Å². The number of likely N-dealkylation sites (tertiary alicyclic amines) is 1. The highest BCUT2D eigenvalue weighted by molar-refractivity contribution is 5.52. The highest BCUT2D eigenvalue weighted by Crippen LogP contribution is 2.27. The average molecular weight is 394 g/mol. The second kappa shape index (κ2) is 10.5. The molecule has 0 radical (unpaired) electrons. The first-order chi connectivity index (χ1) is 14.4. The quantitative estimate of drug-likeness (QED) is 0.605. The molecule has 2 aromatic carbocycles. The molecule has 4 heteroatoms. The predicted octanol–water partition coefficient (Wildman–Crippen LogP) is 5.02. The van der Waals surface area contributed by atoms with Gasteiger partial charge in [-0.1, -0.05) is 24.6 Å². The standard InChI is InChI=1S/C25H35N3O/c1-3-9-22(10-4-1)26-21-24-11-7-19-28(24)23-12-14-25(15-13-23)29-20-8-18-27-16-5-2-6-17-27/h1,3-4,9-10,12-15,24,26H,2,5-8,11,16-21H2/t24-/m0/s1. The normalized spacial score (nSPS) is 20.0. The van der Waals surface area contributed by atoms with Gasteiger partial charge in [0.2, 0.25) is 0 Å². The highest BCUT2D eigenvalue weighted by Gasteiger charge is 2.24. The Hall–Kier alpha value is -2.20. The van der Waals surface area contributed by atoms with E-state index < -0.39 is 0 Å². The first-order valence-electron chi connectivity index (χ1n) is 11.4. The van der Waals surface area contributed by atoms with E-state index in [1.54, 1.807) is 0 Å². The zero-order chi connectivity index (χ0) is 19.7. The molecule has 0 aliphatic carbocycles. The van der Waals surface area contributed by atoms with Crippen molar-refractivity contribution in [1.82, 2.24) is 4.90 Å². The van der Waals surface area contributed by atoms with Crippen molar-refractivity contribution in [2.75, 3.05) is 49.5 Å². The van der Waals surface area contributed by atoms with Crippen LogP contribution in [-0.4, -0.2) is 50.3 Å². The summed E-state index contributed by atoms with van der Waals surface area (Å²) in [6, 6.07) is 19.8. The summed E-state index contributed by atoms with van der Waals surface area (Å²) in [7, 11) is 0. The van der Waals surface area contributed by atoms with Crippen molar-refractivity contribution in [2.45, 2.75) is 44.6 Å². The molecule has 0 spiro atoms. The van der Waals surface area contributed by atoms with E-state index in [9.17, 15) is 0 Å². The number of benzene rings is 2. The van der Waals surface area contributed by atoms with E-state index in [4.69, 9.17) is 4.74 Å². The van der Waals surface area contributed by atoms with Crippen LogP contribution in [0.2, 0.25) is 0 Å². The zero-order valence-electron chi connectivity index (χ0n) is 17.6. The molecular weight excluding hydrogens is 358 g/mol. The molecule has 0 unspecified atom stereocenters. The third kappa shape index (κ3) is 5.89. The molecule has 0 saturated carbocycles. The lowest BCUT2D eigenvalue weighted by molar-refractivity contribution is 0.205. The molecule has 4 nitrogen and oxygen atoms in total. The van der Waals surface area contributed by atoms with Crippen molar-refractivity contribution in [3.8, 4) is 5.75 Å². The first kappa shape index (κ1) is 20.1. The van der Waals surface area contributed by atoms with Crippen molar-refractivity contribution in [2.24, 2.45) is 0 Å². The lowest BCUT2D eigenvalue weighted by Gasteiger charge is -2.27. The van der Waals surface area contributed by atoms with Gasteiger partial charge in [0.1, 0.15) is 5.75 Å². The Morgan fingerprint density at radius 3 is 2.45 bits per heavy atom. The molecular formula is C25H35N3O. The van der Waals surface area contributed by atoms with Crippen molar-refractivity contribution >= 4 is 11.4 Å². The molecule has 0 amide bonds. The van der Waals surface area contributed by atoms with E-state index in [-0.39, 0.29) is 0 Å². The van der Waals surface area contributed by atoms with Crippen molar-refractivity contribution in [3.63, 3.8) is 0 Å². The Kier molecular flexibility index (Phi) is 7.30. The summed E-state index contributed by atoms with van der Waals surface area (Å²) in [5, 5.41) is 3.59. The molecule has 1 N–H and O–H groups in total. The van der Waals surface area contributed by atoms with Crippen LogP contribution in [0.5, 0.6) is 5.75 Å². The Morgan fingerprint density at radius 2 is 1.66 bits per heavy atom. The zero-order valence-corrected chi connectivity index (χ0v) is 17.6. The minimum Gasteiger partial charge on any atom is -0.494 e. The van der Waals surface area contributed by atoms with Crippen LogP contribution < -0.4 is 15.0 Å². The van der Waals surface area contributed by atoms with E-state index in [0.717, 1.165) is 31.9 Å². The number of nitrogens with one attached hydrogen (secondary N) is 1. The molecule has 2 aromatic rings. The van der Waals surface area contributed by atoms with Gasteiger partial charge in [0.05, 0.1) is 6.61 Å². The van der Waals surface area contributed by atoms with E-state index >= 15 is 0 Å². The number of ether oxygens (including phenoxy) is 1. The second-order valence-corrected chi connectivity index (χ2v) is 8.33. The second-order valence-electron chi connectivity index (χ2n) is 8.33. The molecule has 4 rings (SSSR count). The molecule has 2 aliphatic heterocycles. The van der Waals surface area contributed by atoms with Crippen LogP contribution >= 0.6 is 0 Å². The molecule has 0 aromatic heterocycles. The van der Waals surface area contributed by atoms with E-state index in [1.807, 2.05) is 0 Å². The Bertz CT molecular complexity index is 713. The van der Waals surface area contributed by atoms with Crippen LogP contribution in [0, 0.1) is 0 Å². The molecule has 2 fully saturated rings. The number of rotatable bonds is 9. The van der Waals surface area contributed by atoms with E-state index in [1.165, 1.54) is 63.1 Å². The lowest BCUT2D eigenvalue weighted by Crippen LogP contribution is -2.34. The summed E-state index contributed by atoms with van der Waals surface area (Å²) < 4.78 is 5.99. The number of nitrogens with zero attached hydrogens (tertiary/aromatic N) is 2. The lowest BCUT2D eigenvalue weighted by atomic mass is 10.1. The van der Waals surface area contributed by atoms with Gasteiger partial charge in [-0.3, -0.25) is 0 Å². The van der Waals surface area contributed by atoms with Crippen molar-refractivity contribution in [1.29, 1.82) is 0 Å². The number of anilines is 2. The number of para-hydroxylation sites is 1. The molecule has 2 saturated heterocycles. The van der Waals surface area contributed by atoms with E-state index in [0.29, 0.717) is 6.04 Å². The Labute approximate surface area is 175 Å². The summed E-state index contributed by atoms with van der Waals surface area (Å²) in [6.07, 6.45) is 7.74. The summed E-state index contributed by atoms with van der Waals surface area (Å²) in [5.74, 6) is 0.991. The average Bonchev–Trinajstić information content (AvgIpc) is 3.26. The topological polar surface area (TPSA) is 27.7 Å². The van der Waals surface area contributed by atoms with Crippen molar-refractivity contribution in [3.05, 3.63) is 54.6 Å². The van der Waals surface area contributed by atoms with Crippen LogP contribution in [0.3, 0.4) is 0 Å². The van der Waals surface area contributed by atoms with Gasteiger partial charge in [-0.15, -0.1) is 0 Å². The van der Waals surface area contributed by atoms with E-state index in [2.05, 4.69) is 69.7 Å². The van der Waals surface area contributed by atoms with Gasteiger partial charge in [0.25, 0.3) is 0 Å². The molecule has 2 aliphatic rings. The maximum Gasteiger partial charge on any atom is 0.119 e. The third-order valence-electron chi connectivity index (χ3n) is 6.20. The van der Waals surface area contributed by atoms with Gasteiger partial charge < -0.3 is 19.9 Å². The van der Waals surface area contributed by atoms with Crippen LogP contribution in [0.4, 0.5) is 11.4 Å². The van der Waals surface area contributed by atoms with Gasteiger partial charge in [-0.25, -0.2) is 0 Å². The van der Waals surface area contributed by atoms with Crippen LogP contribution in [0.1, 0.15) is 38.5 Å². The monoisotopic (exact) mass is 393 g/mol. The molecule has 29 heavy (non-hydrogen) atoms. The fourth-order valence-corrected chi connectivity index (χ4v) is 4.57. The SMILES string of the molecule is c1ccc(NC[C@@H]2CCCN2c2ccc(OCCCN3CCCCC3)cc2)cc1. The van der Waals surface area contributed by atoms with Crippen LogP contribution in [0.25, 0.3) is 0 Å². The van der Waals surface area contributed by atoms with Gasteiger partial charge in [-0.2, -0.15) is 0 Å². The molecule has 0 bridgehead atoms. The predicted molar refractivity (Wildman–Crippen MR) is 122 cm³/mol. The van der Waals surface area contributed by atoms with Gasteiger partial charge in [0.15, 0.2) is 0 Å². The first-order valence-corrected chi connectivity index (χ1v) is 11.4. The van der Waals surface area contributed by atoms with Gasteiger partial charge in [-0.05, 0) is 81.6 Å². The van der Waals surface area contributed by atoms with Gasteiger partial charge >= 0.3 is 0 Å². The summed E-state index contributed by atoms with van der Waals surface area (Å²) in [5.41, 5.74) is 2.51. The summed E-state index contributed by atoms with van der Waals surface area (Å²) >= 11 is 0.